The molecule has 1 nitrogen and oxygen atoms in total. The lowest BCUT2D eigenvalue weighted by atomic mass is 9.79. The minimum Gasteiger partial charge on any atom is -0.306 e. The molecule has 1 aliphatic rings. The van der Waals surface area contributed by atoms with Crippen LogP contribution in [-0.4, -0.2) is 25.0 Å². The van der Waals surface area contributed by atoms with E-state index in [1.165, 1.54) is 25.9 Å². The Morgan fingerprint density at radius 3 is 2.29 bits per heavy atom. The first-order chi connectivity index (χ1) is 6.49. The van der Waals surface area contributed by atoms with Gasteiger partial charge in [-0.1, -0.05) is 27.7 Å². The van der Waals surface area contributed by atoms with E-state index in [1.54, 1.807) is 0 Å². The molecule has 0 radical (unpaired) electrons. The lowest BCUT2D eigenvalue weighted by Crippen LogP contribution is -2.40. The Morgan fingerprint density at radius 1 is 1.14 bits per heavy atom. The molecule has 1 fully saturated rings. The van der Waals surface area contributed by atoms with Crippen molar-refractivity contribution >= 4 is 0 Å². The third-order valence-electron chi connectivity index (χ3n) is 3.50. The van der Waals surface area contributed by atoms with Crippen molar-refractivity contribution in [2.45, 2.75) is 40.5 Å². The maximum atomic E-state index is 2.53. The SMILES string of the molecule is CC(C)CC1CC(C(C)C)CN(C)C1. The number of hydrogen-bond acceptors (Lipinski definition) is 1. The number of likely N-dealkylation sites (tertiary alicyclic amines) is 1. The minimum atomic E-state index is 0.854. The van der Waals surface area contributed by atoms with Crippen molar-refractivity contribution in [3.8, 4) is 0 Å². The Kier molecular flexibility index (Phi) is 4.43. The summed E-state index contributed by atoms with van der Waals surface area (Å²) >= 11 is 0. The molecule has 0 spiro atoms. The topological polar surface area (TPSA) is 3.24 Å². The van der Waals surface area contributed by atoms with Crippen molar-refractivity contribution in [2.75, 3.05) is 20.1 Å². The zero-order valence-corrected chi connectivity index (χ0v) is 10.6. The second-order valence-corrected chi connectivity index (χ2v) is 5.96. The summed E-state index contributed by atoms with van der Waals surface area (Å²) in [7, 11) is 2.28. The molecule has 2 unspecified atom stereocenters. The van der Waals surface area contributed by atoms with Crippen LogP contribution >= 0.6 is 0 Å². The number of piperidine rings is 1. The van der Waals surface area contributed by atoms with Gasteiger partial charge in [0.25, 0.3) is 0 Å². The Hall–Kier alpha value is -0.0400. The van der Waals surface area contributed by atoms with Crippen molar-refractivity contribution in [1.29, 1.82) is 0 Å². The molecular formula is C13H27N. The van der Waals surface area contributed by atoms with Gasteiger partial charge >= 0.3 is 0 Å². The normalized spacial score (nSPS) is 30.2. The van der Waals surface area contributed by atoms with Crippen LogP contribution in [0.4, 0.5) is 0 Å². The summed E-state index contributed by atoms with van der Waals surface area (Å²) in [5.74, 6) is 3.59. The highest BCUT2D eigenvalue weighted by Gasteiger charge is 2.27. The van der Waals surface area contributed by atoms with Gasteiger partial charge in [-0.25, -0.2) is 0 Å². The highest BCUT2D eigenvalue weighted by atomic mass is 15.1. The fraction of sp³-hybridized carbons (Fsp3) is 1.00. The molecule has 1 rings (SSSR count). The third-order valence-corrected chi connectivity index (χ3v) is 3.50. The van der Waals surface area contributed by atoms with E-state index in [-0.39, 0.29) is 0 Å². The molecule has 0 aromatic heterocycles. The smallest absolute Gasteiger partial charge is 0.000928 e. The van der Waals surface area contributed by atoms with E-state index in [0.717, 1.165) is 23.7 Å². The van der Waals surface area contributed by atoms with Crippen molar-refractivity contribution < 1.29 is 0 Å². The Balaban J connectivity index is 2.45. The highest BCUT2D eigenvalue weighted by molar-refractivity contribution is 4.79. The third kappa shape index (κ3) is 3.61. The van der Waals surface area contributed by atoms with Crippen molar-refractivity contribution in [2.24, 2.45) is 23.7 Å². The van der Waals surface area contributed by atoms with Crippen LogP contribution in [0.15, 0.2) is 0 Å². The molecule has 1 heteroatoms. The molecule has 1 aliphatic heterocycles. The molecular weight excluding hydrogens is 170 g/mol. The van der Waals surface area contributed by atoms with Gasteiger partial charge in [0.2, 0.25) is 0 Å². The van der Waals surface area contributed by atoms with Crippen LogP contribution in [0, 0.1) is 23.7 Å². The van der Waals surface area contributed by atoms with Crippen LogP contribution in [0.2, 0.25) is 0 Å². The number of rotatable bonds is 3. The maximum absolute atomic E-state index is 2.53. The van der Waals surface area contributed by atoms with Crippen LogP contribution in [0.1, 0.15) is 40.5 Å². The van der Waals surface area contributed by atoms with Gasteiger partial charge in [0, 0.05) is 13.1 Å². The van der Waals surface area contributed by atoms with E-state index >= 15 is 0 Å². The van der Waals surface area contributed by atoms with Gasteiger partial charge in [-0.15, -0.1) is 0 Å². The van der Waals surface area contributed by atoms with E-state index in [0.29, 0.717) is 0 Å². The molecule has 1 heterocycles. The molecule has 0 aromatic rings. The van der Waals surface area contributed by atoms with Gasteiger partial charge in [-0.05, 0) is 43.6 Å². The first-order valence-electron chi connectivity index (χ1n) is 6.17. The lowest BCUT2D eigenvalue weighted by Gasteiger charge is -2.38. The van der Waals surface area contributed by atoms with Gasteiger partial charge in [0.15, 0.2) is 0 Å². The van der Waals surface area contributed by atoms with Gasteiger partial charge in [0.1, 0.15) is 0 Å². The van der Waals surface area contributed by atoms with Crippen LogP contribution < -0.4 is 0 Å². The minimum absolute atomic E-state index is 0.854. The summed E-state index contributed by atoms with van der Waals surface area (Å²) in [6, 6.07) is 0. The molecule has 0 saturated carbocycles. The van der Waals surface area contributed by atoms with E-state index in [4.69, 9.17) is 0 Å². The van der Waals surface area contributed by atoms with Crippen LogP contribution in [-0.2, 0) is 0 Å². The Bertz CT molecular complexity index is 161. The summed E-state index contributed by atoms with van der Waals surface area (Å²) in [5.41, 5.74) is 0. The van der Waals surface area contributed by atoms with E-state index in [1.807, 2.05) is 0 Å². The number of hydrogen-bond donors (Lipinski definition) is 0. The molecule has 0 N–H and O–H groups in total. The fourth-order valence-electron chi connectivity index (χ4n) is 2.81. The molecule has 0 aliphatic carbocycles. The molecule has 14 heavy (non-hydrogen) atoms. The molecule has 2 atom stereocenters. The van der Waals surface area contributed by atoms with E-state index in [2.05, 4.69) is 39.6 Å². The molecule has 0 aromatic carbocycles. The zero-order valence-electron chi connectivity index (χ0n) is 10.6. The second-order valence-electron chi connectivity index (χ2n) is 5.96. The molecule has 1 saturated heterocycles. The highest BCUT2D eigenvalue weighted by Crippen LogP contribution is 2.30. The first-order valence-corrected chi connectivity index (χ1v) is 6.17. The van der Waals surface area contributed by atoms with Gasteiger partial charge < -0.3 is 4.90 Å². The summed E-state index contributed by atoms with van der Waals surface area (Å²) in [5, 5.41) is 0. The second kappa shape index (κ2) is 5.16. The summed E-state index contributed by atoms with van der Waals surface area (Å²) in [4.78, 5) is 2.53. The lowest BCUT2D eigenvalue weighted by molar-refractivity contribution is 0.111. The quantitative estimate of drug-likeness (QED) is 0.671. The predicted octanol–water partition coefficient (Wildman–Crippen LogP) is 3.26. The van der Waals surface area contributed by atoms with Crippen molar-refractivity contribution in [3.63, 3.8) is 0 Å². The predicted molar refractivity (Wildman–Crippen MR) is 63.4 cm³/mol. The summed E-state index contributed by atoms with van der Waals surface area (Å²) < 4.78 is 0. The van der Waals surface area contributed by atoms with Crippen LogP contribution in [0.5, 0.6) is 0 Å². The Labute approximate surface area is 89.9 Å². The van der Waals surface area contributed by atoms with Crippen LogP contribution in [0.25, 0.3) is 0 Å². The van der Waals surface area contributed by atoms with Gasteiger partial charge in [-0.3, -0.25) is 0 Å². The fourth-order valence-corrected chi connectivity index (χ4v) is 2.81. The average molecular weight is 197 g/mol. The van der Waals surface area contributed by atoms with E-state index in [9.17, 15) is 0 Å². The van der Waals surface area contributed by atoms with Crippen LogP contribution in [0.3, 0.4) is 0 Å². The zero-order chi connectivity index (χ0) is 10.7. The molecule has 0 amide bonds. The maximum Gasteiger partial charge on any atom is 0.000928 e. The van der Waals surface area contributed by atoms with Gasteiger partial charge in [-0.2, -0.15) is 0 Å². The standard InChI is InChI=1S/C13H27N/c1-10(2)6-12-7-13(11(3)4)9-14(5)8-12/h10-13H,6-9H2,1-5H3. The summed E-state index contributed by atoms with van der Waals surface area (Å²) in [6.45, 7) is 12.1. The number of nitrogens with zero attached hydrogens (tertiary/aromatic N) is 1. The summed E-state index contributed by atoms with van der Waals surface area (Å²) in [6.07, 6.45) is 2.87. The Morgan fingerprint density at radius 2 is 1.79 bits per heavy atom. The first kappa shape index (κ1) is 12.0. The van der Waals surface area contributed by atoms with Crippen molar-refractivity contribution in [1.82, 2.24) is 4.90 Å². The molecule has 0 bridgehead atoms. The molecule has 84 valence electrons. The largest absolute Gasteiger partial charge is 0.306 e. The average Bonchev–Trinajstić information content (AvgIpc) is 2.01. The van der Waals surface area contributed by atoms with Gasteiger partial charge in [0.05, 0.1) is 0 Å². The van der Waals surface area contributed by atoms with Crippen molar-refractivity contribution in [3.05, 3.63) is 0 Å². The van der Waals surface area contributed by atoms with E-state index < -0.39 is 0 Å². The monoisotopic (exact) mass is 197 g/mol.